The Morgan fingerprint density at radius 2 is 1.57 bits per heavy atom. The summed E-state index contributed by atoms with van der Waals surface area (Å²) in [5, 5.41) is 4.08. The molecule has 0 aliphatic carbocycles. The van der Waals surface area contributed by atoms with Crippen molar-refractivity contribution in [3.8, 4) is 0 Å². The fraction of sp³-hybridized carbons (Fsp3) is 0.286. The molecule has 0 radical (unpaired) electrons. The van der Waals surface area contributed by atoms with Crippen molar-refractivity contribution in [1.82, 2.24) is 10.3 Å². The lowest BCUT2D eigenvalue weighted by Crippen LogP contribution is -2.40. The number of carbonyl (C=O) groups is 4. The zero-order valence-electron chi connectivity index (χ0n) is 34.2. The van der Waals surface area contributed by atoms with Gasteiger partial charge >= 0.3 is 12.0 Å². The number of aryl methyl sites for hydroxylation is 1. The normalized spacial score (nSPS) is 13.1. The van der Waals surface area contributed by atoms with Crippen LogP contribution in [0.25, 0.3) is 10.8 Å². The Hall–Kier alpha value is -5.78. The number of esters is 1. The van der Waals surface area contributed by atoms with Crippen LogP contribution in [0.5, 0.6) is 0 Å². The Morgan fingerprint density at radius 3 is 2.27 bits per heavy atom. The highest BCUT2D eigenvalue weighted by atomic mass is 32.2. The minimum absolute atomic E-state index is 0.0275. The van der Waals surface area contributed by atoms with Crippen molar-refractivity contribution in [3.63, 3.8) is 0 Å². The number of thioether (sulfide) groups is 1. The number of nitrogens with one attached hydrogen (secondary N) is 3. The number of amides is 4. The summed E-state index contributed by atoms with van der Waals surface area (Å²) < 4.78 is 6.26. The first-order valence-corrected chi connectivity index (χ1v) is 22.0. The van der Waals surface area contributed by atoms with Crippen molar-refractivity contribution < 1.29 is 23.9 Å². The largest absolute Gasteiger partial charge is 0.466 e. The van der Waals surface area contributed by atoms with E-state index >= 15 is 0 Å². The molecule has 5 aromatic carbocycles. The lowest BCUT2D eigenvalue weighted by molar-refractivity contribution is -0.143. The van der Waals surface area contributed by atoms with Crippen LogP contribution in [0.1, 0.15) is 113 Å². The molecule has 2 unspecified atom stereocenters. The number of benzene rings is 5. The molecule has 0 bridgehead atoms. The quantitative estimate of drug-likeness (QED) is 0.0177. The van der Waals surface area contributed by atoms with E-state index in [1.807, 2.05) is 66.7 Å². The Balaban J connectivity index is 1.18. The topological polar surface area (TPSA) is 117 Å². The number of thiocarbonyl (C=S) groups is 1. The SMILES string of the molecule is C=CCCc1ccc(C(CCCC(=O)OCCCC)CC(SC(=S)c2ccccc2)c2ccc(NC(=O)NNc3ccc4c5c(cccc35)C(=O)N(CC)C4=O)cc2)cc1. The number of nitrogens with zero attached hydrogens (tertiary/aromatic N) is 1. The van der Waals surface area contributed by atoms with Gasteiger partial charge in [-0.15, -0.1) is 18.3 Å². The molecule has 9 nitrogen and oxygen atoms in total. The average Bonchev–Trinajstić information content (AvgIpc) is 3.27. The third-order valence-electron chi connectivity index (χ3n) is 10.7. The summed E-state index contributed by atoms with van der Waals surface area (Å²) in [5.41, 5.74) is 12.2. The number of urea groups is 1. The van der Waals surface area contributed by atoms with Crippen LogP contribution in [0, 0.1) is 0 Å². The van der Waals surface area contributed by atoms with Gasteiger partial charge in [-0.1, -0.05) is 111 Å². The lowest BCUT2D eigenvalue weighted by atomic mass is 9.87. The zero-order chi connectivity index (χ0) is 42.4. The molecule has 60 heavy (non-hydrogen) atoms. The van der Waals surface area contributed by atoms with Crippen LogP contribution in [-0.2, 0) is 16.0 Å². The second-order valence-corrected chi connectivity index (χ2v) is 16.7. The maximum absolute atomic E-state index is 13.2. The molecule has 3 N–H and O–H groups in total. The predicted molar refractivity (Wildman–Crippen MR) is 248 cm³/mol. The Morgan fingerprint density at radius 1 is 0.850 bits per heavy atom. The summed E-state index contributed by atoms with van der Waals surface area (Å²) in [6.45, 7) is 8.46. The number of carbonyl (C=O) groups excluding carboxylic acids is 4. The van der Waals surface area contributed by atoms with Crippen LogP contribution in [0.15, 0.2) is 122 Å². The average molecular weight is 841 g/mol. The molecule has 1 heterocycles. The van der Waals surface area contributed by atoms with Gasteiger partial charge in [-0.05, 0) is 104 Å². The molecular formula is C49H52N4O5S2. The van der Waals surface area contributed by atoms with Gasteiger partial charge in [-0.3, -0.25) is 30.1 Å². The van der Waals surface area contributed by atoms with Gasteiger partial charge in [-0.2, -0.15) is 0 Å². The van der Waals surface area contributed by atoms with Crippen molar-refractivity contribution in [3.05, 3.63) is 155 Å². The van der Waals surface area contributed by atoms with Gasteiger partial charge in [0.15, 0.2) is 0 Å². The molecule has 2 atom stereocenters. The highest BCUT2D eigenvalue weighted by Gasteiger charge is 2.32. The van der Waals surface area contributed by atoms with Gasteiger partial charge in [0.1, 0.15) is 0 Å². The summed E-state index contributed by atoms with van der Waals surface area (Å²) >= 11 is 7.66. The molecule has 0 spiro atoms. The number of hydrogen-bond acceptors (Lipinski definition) is 8. The molecule has 0 fully saturated rings. The first-order valence-electron chi connectivity index (χ1n) is 20.7. The minimum Gasteiger partial charge on any atom is -0.466 e. The van der Waals surface area contributed by atoms with E-state index in [0.717, 1.165) is 53.8 Å². The van der Waals surface area contributed by atoms with Gasteiger partial charge in [0.05, 0.1) is 16.5 Å². The van der Waals surface area contributed by atoms with E-state index in [4.69, 9.17) is 17.0 Å². The zero-order valence-corrected chi connectivity index (χ0v) is 35.8. The maximum Gasteiger partial charge on any atom is 0.337 e. The predicted octanol–water partition coefficient (Wildman–Crippen LogP) is 11.6. The van der Waals surface area contributed by atoms with E-state index in [2.05, 4.69) is 53.9 Å². The minimum atomic E-state index is -0.492. The second kappa shape index (κ2) is 21.5. The summed E-state index contributed by atoms with van der Waals surface area (Å²) in [7, 11) is 0. The fourth-order valence-electron chi connectivity index (χ4n) is 7.43. The molecule has 0 saturated heterocycles. The third-order valence-corrected chi connectivity index (χ3v) is 12.4. The van der Waals surface area contributed by atoms with Gasteiger partial charge < -0.3 is 10.1 Å². The Kier molecular flexibility index (Phi) is 15.7. The maximum atomic E-state index is 13.2. The molecule has 1 aliphatic heterocycles. The van der Waals surface area contributed by atoms with E-state index < -0.39 is 6.03 Å². The summed E-state index contributed by atoms with van der Waals surface area (Å²) in [6.07, 6.45) is 8.27. The molecule has 4 amide bonds. The van der Waals surface area contributed by atoms with E-state index in [1.54, 1.807) is 43.0 Å². The monoisotopic (exact) mass is 840 g/mol. The van der Waals surface area contributed by atoms with Gasteiger partial charge in [0.2, 0.25) is 0 Å². The standard InChI is InChI=1S/C49H52N4O5S2/c1-4-7-14-33-21-23-34(24-22-33)37(17-12-20-44(54)58-31-8-5-2)32-43(60-48(59)36-15-10-9-11-16-36)35-25-27-38(28-26-35)50-49(57)52-51-42-30-29-41-45-39(42)18-13-19-40(45)46(55)53(6-3)47(41)56/h4,9-11,13,15-16,18-19,21-30,37,43,51H,1,5-8,12,14,17,20,31-32H2,2-3H3,(H2,50,52,57). The van der Waals surface area contributed by atoms with Gasteiger partial charge in [0.25, 0.3) is 11.8 Å². The molecule has 11 heteroatoms. The first-order chi connectivity index (χ1) is 29.2. The van der Waals surface area contributed by atoms with E-state index in [0.29, 0.717) is 52.7 Å². The number of rotatable bonds is 20. The van der Waals surface area contributed by atoms with Crippen LogP contribution in [0.2, 0.25) is 0 Å². The van der Waals surface area contributed by atoms with E-state index in [-0.39, 0.29) is 35.5 Å². The van der Waals surface area contributed by atoms with Gasteiger partial charge in [-0.25, -0.2) is 4.79 Å². The molecule has 0 saturated carbocycles. The number of allylic oxidation sites excluding steroid dienone is 1. The molecule has 0 aromatic heterocycles. The lowest BCUT2D eigenvalue weighted by Gasteiger charge is -2.26. The molecule has 5 aromatic rings. The Labute approximate surface area is 362 Å². The van der Waals surface area contributed by atoms with E-state index in [1.165, 1.54) is 16.0 Å². The molecular weight excluding hydrogens is 789 g/mol. The fourth-order valence-corrected chi connectivity index (χ4v) is 9.07. The first kappa shape index (κ1) is 43.8. The van der Waals surface area contributed by atoms with Crippen LogP contribution < -0.4 is 16.2 Å². The van der Waals surface area contributed by atoms with Gasteiger partial charge in [0, 0.05) is 45.8 Å². The molecule has 1 aliphatic rings. The number of hydrogen-bond donors (Lipinski definition) is 3. The third kappa shape index (κ3) is 11.1. The van der Waals surface area contributed by atoms with Crippen LogP contribution in [-0.4, -0.2) is 46.1 Å². The highest BCUT2D eigenvalue weighted by Crippen LogP contribution is 2.42. The van der Waals surface area contributed by atoms with E-state index in [9.17, 15) is 19.2 Å². The van der Waals surface area contributed by atoms with Crippen LogP contribution in [0.4, 0.5) is 16.2 Å². The van der Waals surface area contributed by atoms with Crippen molar-refractivity contribution >= 4 is 74.1 Å². The number of imide groups is 1. The Bertz CT molecular complexity index is 2290. The molecule has 310 valence electrons. The number of unbranched alkanes of at least 4 members (excludes halogenated alkanes) is 1. The summed E-state index contributed by atoms with van der Waals surface area (Å²) in [6, 6.07) is 34.8. The van der Waals surface area contributed by atoms with Crippen LogP contribution >= 0.6 is 24.0 Å². The summed E-state index contributed by atoms with van der Waals surface area (Å²) in [4.78, 5) is 53.1. The number of hydrazine groups is 1. The molecule has 6 rings (SSSR count). The smallest absolute Gasteiger partial charge is 0.337 e. The summed E-state index contributed by atoms with van der Waals surface area (Å²) in [5.74, 6) is -0.682. The number of anilines is 2. The van der Waals surface area contributed by atoms with Crippen molar-refractivity contribution in [1.29, 1.82) is 0 Å². The highest BCUT2D eigenvalue weighted by molar-refractivity contribution is 8.23. The van der Waals surface area contributed by atoms with Crippen LogP contribution in [0.3, 0.4) is 0 Å². The van der Waals surface area contributed by atoms with Crippen molar-refractivity contribution in [2.75, 3.05) is 23.9 Å². The number of ether oxygens (including phenoxy) is 1. The van der Waals surface area contributed by atoms with Crippen molar-refractivity contribution in [2.45, 2.75) is 76.4 Å². The second-order valence-electron chi connectivity index (χ2n) is 14.8. The van der Waals surface area contributed by atoms with Crippen molar-refractivity contribution in [2.24, 2.45) is 0 Å².